The van der Waals surface area contributed by atoms with Gasteiger partial charge in [-0.25, -0.2) is 4.98 Å². The van der Waals surface area contributed by atoms with Crippen LogP contribution in [0, 0.1) is 6.92 Å². The van der Waals surface area contributed by atoms with E-state index < -0.39 is 0 Å². The summed E-state index contributed by atoms with van der Waals surface area (Å²) < 4.78 is 7.40. The van der Waals surface area contributed by atoms with Crippen LogP contribution in [-0.4, -0.2) is 22.6 Å². The van der Waals surface area contributed by atoms with Crippen LogP contribution in [0.4, 0.5) is 0 Å². The fourth-order valence-corrected chi connectivity index (χ4v) is 3.05. The number of carbonyl (C=O) groups excluding carboxylic acids is 1. The second-order valence-electron chi connectivity index (χ2n) is 6.88. The average Bonchev–Trinajstić information content (AvgIpc) is 3.20. The van der Waals surface area contributed by atoms with Gasteiger partial charge in [0.25, 0.3) is 5.91 Å². The van der Waals surface area contributed by atoms with E-state index in [1.807, 2.05) is 54.1 Å². The smallest absolute Gasteiger partial charge is 0.251 e. The van der Waals surface area contributed by atoms with Crippen LogP contribution in [0.1, 0.15) is 46.8 Å². The topological polar surface area (TPSA) is 56.1 Å². The summed E-state index contributed by atoms with van der Waals surface area (Å²) in [6.45, 7) is 6.60. The summed E-state index contributed by atoms with van der Waals surface area (Å²) in [6.07, 6.45) is 5.40. The molecule has 0 saturated heterocycles. The molecule has 3 rings (SSSR count). The molecule has 0 unspecified atom stereocenters. The van der Waals surface area contributed by atoms with E-state index in [4.69, 9.17) is 4.74 Å². The van der Waals surface area contributed by atoms with E-state index in [9.17, 15) is 4.79 Å². The summed E-state index contributed by atoms with van der Waals surface area (Å²) in [4.78, 5) is 16.8. The first-order valence-corrected chi connectivity index (χ1v) is 9.03. The Morgan fingerprint density at radius 2 is 1.96 bits per heavy atom. The Balaban J connectivity index is 1.71. The Kier molecular flexibility index (Phi) is 5.60. The molecule has 140 valence electrons. The Morgan fingerprint density at radius 1 is 1.22 bits per heavy atom. The number of carbonyl (C=O) groups is 1. The maximum Gasteiger partial charge on any atom is 0.251 e. The zero-order valence-corrected chi connectivity index (χ0v) is 16.2. The standard InChI is InChI=1S/C22H25N3O2/c1-15(2)19-12-20(16(3)11-21(19)27-4)22(26)24-13-17-5-7-18(8-6-17)25-10-9-23-14-25/h5-12,14-15H,13H2,1-4H3,(H,24,26). The van der Waals surface area contributed by atoms with Crippen LogP contribution >= 0.6 is 0 Å². The van der Waals surface area contributed by atoms with Crippen molar-refractivity contribution < 1.29 is 9.53 Å². The Morgan fingerprint density at radius 3 is 2.56 bits per heavy atom. The number of methoxy groups -OCH3 is 1. The Hall–Kier alpha value is -3.08. The van der Waals surface area contributed by atoms with E-state index in [0.29, 0.717) is 12.1 Å². The molecule has 3 aromatic rings. The molecule has 0 aliphatic heterocycles. The molecule has 5 nitrogen and oxygen atoms in total. The minimum absolute atomic E-state index is 0.0734. The lowest BCUT2D eigenvalue weighted by molar-refractivity contribution is 0.0950. The van der Waals surface area contributed by atoms with Gasteiger partial charge in [0.15, 0.2) is 0 Å². The van der Waals surface area contributed by atoms with Crippen molar-refractivity contribution in [2.24, 2.45) is 0 Å². The van der Waals surface area contributed by atoms with Gasteiger partial charge in [-0.2, -0.15) is 0 Å². The zero-order chi connectivity index (χ0) is 19.4. The molecule has 0 aliphatic carbocycles. The number of imidazole rings is 1. The molecular formula is C22H25N3O2. The number of benzene rings is 2. The number of aromatic nitrogens is 2. The van der Waals surface area contributed by atoms with Crippen LogP contribution in [0.25, 0.3) is 5.69 Å². The number of rotatable bonds is 6. The summed E-state index contributed by atoms with van der Waals surface area (Å²) in [6, 6.07) is 11.9. The van der Waals surface area contributed by atoms with Crippen LogP contribution in [-0.2, 0) is 6.54 Å². The molecule has 0 saturated carbocycles. The van der Waals surface area contributed by atoms with Crippen LogP contribution in [0.2, 0.25) is 0 Å². The van der Waals surface area contributed by atoms with Crippen LogP contribution in [0.15, 0.2) is 55.1 Å². The molecule has 0 aliphatic rings. The first-order chi connectivity index (χ1) is 13.0. The number of nitrogens with zero attached hydrogens (tertiary/aromatic N) is 2. The predicted octanol–water partition coefficient (Wildman–Crippen LogP) is 4.24. The van der Waals surface area contributed by atoms with Crippen molar-refractivity contribution in [2.75, 3.05) is 7.11 Å². The molecule has 1 aromatic heterocycles. The third-order valence-electron chi connectivity index (χ3n) is 4.64. The van der Waals surface area contributed by atoms with Gasteiger partial charge < -0.3 is 14.6 Å². The molecule has 0 spiro atoms. The molecule has 1 amide bonds. The highest BCUT2D eigenvalue weighted by Crippen LogP contribution is 2.29. The molecule has 0 radical (unpaired) electrons. The van der Waals surface area contributed by atoms with Gasteiger partial charge in [-0.3, -0.25) is 4.79 Å². The average molecular weight is 363 g/mol. The third kappa shape index (κ3) is 4.19. The highest BCUT2D eigenvalue weighted by molar-refractivity contribution is 5.96. The second-order valence-corrected chi connectivity index (χ2v) is 6.88. The van der Waals surface area contributed by atoms with Gasteiger partial charge in [0.2, 0.25) is 0 Å². The summed E-state index contributed by atoms with van der Waals surface area (Å²) in [5.41, 5.74) is 4.72. The zero-order valence-electron chi connectivity index (χ0n) is 16.2. The second kappa shape index (κ2) is 8.08. The van der Waals surface area contributed by atoms with Crippen molar-refractivity contribution in [3.8, 4) is 11.4 Å². The lowest BCUT2D eigenvalue weighted by atomic mass is 9.96. The molecule has 0 atom stereocenters. The lowest BCUT2D eigenvalue weighted by Gasteiger charge is -2.16. The van der Waals surface area contributed by atoms with Crippen LogP contribution < -0.4 is 10.1 Å². The van der Waals surface area contributed by atoms with E-state index in [1.165, 1.54) is 0 Å². The van der Waals surface area contributed by atoms with Crippen molar-refractivity contribution in [2.45, 2.75) is 33.2 Å². The van der Waals surface area contributed by atoms with Crippen molar-refractivity contribution in [3.05, 3.63) is 77.4 Å². The van der Waals surface area contributed by atoms with Gasteiger partial charge in [0.05, 0.1) is 13.4 Å². The van der Waals surface area contributed by atoms with Crippen molar-refractivity contribution in [3.63, 3.8) is 0 Å². The third-order valence-corrected chi connectivity index (χ3v) is 4.64. The molecule has 27 heavy (non-hydrogen) atoms. The lowest BCUT2D eigenvalue weighted by Crippen LogP contribution is -2.24. The number of nitrogens with one attached hydrogen (secondary N) is 1. The van der Waals surface area contributed by atoms with Gasteiger partial charge in [-0.15, -0.1) is 0 Å². The molecule has 0 bridgehead atoms. The summed E-state index contributed by atoms with van der Waals surface area (Å²) in [7, 11) is 1.66. The first kappa shape index (κ1) is 18.7. The van der Waals surface area contributed by atoms with Gasteiger partial charge in [0, 0.05) is 30.2 Å². The predicted molar refractivity (Wildman–Crippen MR) is 107 cm³/mol. The molecule has 0 fully saturated rings. The summed E-state index contributed by atoms with van der Waals surface area (Å²) >= 11 is 0. The molecule has 5 heteroatoms. The van der Waals surface area contributed by atoms with E-state index in [1.54, 1.807) is 19.6 Å². The molecule has 1 heterocycles. The van der Waals surface area contributed by atoms with Gasteiger partial charge >= 0.3 is 0 Å². The normalized spacial score (nSPS) is 10.9. The fourth-order valence-electron chi connectivity index (χ4n) is 3.05. The van der Waals surface area contributed by atoms with Crippen molar-refractivity contribution in [1.82, 2.24) is 14.9 Å². The van der Waals surface area contributed by atoms with E-state index >= 15 is 0 Å². The van der Waals surface area contributed by atoms with Crippen LogP contribution in [0.5, 0.6) is 5.75 Å². The fraction of sp³-hybridized carbons (Fsp3) is 0.273. The monoisotopic (exact) mass is 363 g/mol. The largest absolute Gasteiger partial charge is 0.496 e. The maximum absolute atomic E-state index is 12.7. The van der Waals surface area contributed by atoms with E-state index in [-0.39, 0.29) is 11.8 Å². The van der Waals surface area contributed by atoms with Crippen molar-refractivity contribution >= 4 is 5.91 Å². The highest BCUT2D eigenvalue weighted by Gasteiger charge is 2.15. The van der Waals surface area contributed by atoms with Crippen molar-refractivity contribution in [1.29, 1.82) is 0 Å². The molecular weight excluding hydrogens is 338 g/mol. The maximum atomic E-state index is 12.7. The number of amides is 1. The molecule has 2 aromatic carbocycles. The number of aryl methyl sites for hydroxylation is 1. The number of ether oxygens (including phenoxy) is 1. The summed E-state index contributed by atoms with van der Waals surface area (Å²) in [5.74, 6) is 1.03. The number of hydrogen-bond acceptors (Lipinski definition) is 3. The van der Waals surface area contributed by atoms with Gasteiger partial charge in [0.1, 0.15) is 5.75 Å². The highest BCUT2D eigenvalue weighted by atomic mass is 16.5. The van der Waals surface area contributed by atoms with E-state index in [2.05, 4.69) is 24.1 Å². The first-order valence-electron chi connectivity index (χ1n) is 9.03. The quantitative estimate of drug-likeness (QED) is 0.712. The van der Waals surface area contributed by atoms with Crippen LogP contribution in [0.3, 0.4) is 0 Å². The summed E-state index contributed by atoms with van der Waals surface area (Å²) in [5, 5.41) is 3.02. The van der Waals surface area contributed by atoms with E-state index in [0.717, 1.165) is 28.1 Å². The van der Waals surface area contributed by atoms with Gasteiger partial charge in [-0.1, -0.05) is 26.0 Å². The number of hydrogen-bond donors (Lipinski definition) is 1. The minimum atomic E-state index is -0.0734. The Labute approximate surface area is 160 Å². The SMILES string of the molecule is COc1cc(C)c(C(=O)NCc2ccc(-n3ccnc3)cc2)cc1C(C)C. The minimum Gasteiger partial charge on any atom is -0.496 e. The molecule has 1 N–H and O–H groups in total. The Bertz CT molecular complexity index is 913. The van der Waals surface area contributed by atoms with Gasteiger partial charge in [-0.05, 0) is 53.8 Å².